The summed E-state index contributed by atoms with van der Waals surface area (Å²) in [7, 11) is 2.63. The maximum Gasteiger partial charge on any atom is 0.338 e. The minimum Gasteiger partial charge on any atom is -0.859 e. The molecule has 2 heterocycles. The second-order valence-electron chi connectivity index (χ2n) is 12.0. The van der Waals surface area contributed by atoms with E-state index in [9.17, 15) is 29.1 Å². The van der Waals surface area contributed by atoms with E-state index in [1.54, 1.807) is 19.1 Å². The second-order valence-corrected chi connectivity index (χ2v) is 12.0. The normalized spacial score (nSPS) is 15.2. The number of barbiturate groups is 1. The molecule has 0 unspecified atom stereocenters. The molecule has 1 saturated heterocycles. The largest absolute Gasteiger partial charge is 0.859 e. The zero-order valence-electron chi connectivity index (χ0n) is 28.2. The molecule has 240 valence electrons. The van der Waals surface area contributed by atoms with Gasteiger partial charge in [-0.3, -0.25) is 19.3 Å². The Morgan fingerprint density at radius 1 is 0.717 bits per heavy atom. The highest BCUT2D eigenvalue weighted by atomic mass is 16.3. The van der Waals surface area contributed by atoms with Crippen LogP contribution in [0.3, 0.4) is 0 Å². The number of hydrogen-bond donors (Lipinski definition) is 0. The van der Waals surface area contributed by atoms with Crippen LogP contribution in [0.4, 0.5) is 10.5 Å². The Hall–Kier alpha value is -5.25. The van der Waals surface area contributed by atoms with E-state index in [1.165, 1.54) is 38.4 Å². The van der Waals surface area contributed by atoms with E-state index in [4.69, 9.17) is 0 Å². The average molecular weight is 624 g/mol. The Balaban J connectivity index is 1.77. The third kappa shape index (κ3) is 5.44. The second kappa shape index (κ2) is 12.3. The molecule has 0 saturated carbocycles. The lowest BCUT2D eigenvalue weighted by Gasteiger charge is -2.33. The molecular formula is C36H39N4O6-. The summed E-state index contributed by atoms with van der Waals surface area (Å²) >= 11 is 0. The van der Waals surface area contributed by atoms with Crippen molar-refractivity contribution >= 4 is 29.6 Å². The molecule has 0 atom stereocenters. The van der Waals surface area contributed by atoms with Gasteiger partial charge in [0, 0.05) is 19.7 Å². The third-order valence-corrected chi connectivity index (χ3v) is 9.31. The number of hydrogen-bond acceptors (Lipinski definition) is 6. The Morgan fingerprint density at radius 2 is 1.24 bits per heavy atom. The molecule has 3 aromatic rings. The lowest BCUT2D eigenvalue weighted by molar-refractivity contribution is -0.280. The van der Waals surface area contributed by atoms with Gasteiger partial charge in [0.05, 0.1) is 11.4 Å². The molecule has 4 rings (SSSR count). The molecular weight excluding hydrogens is 584 g/mol. The average Bonchev–Trinajstić information content (AvgIpc) is 3.01. The summed E-state index contributed by atoms with van der Waals surface area (Å²) in [4.78, 5) is 68.4. The number of carbonyl (C=O) groups excluding carboxylic acids is 3. The fourth-order valence-electron chi connectivity index (χ4n) is 5.47. The number of aryl methyl sites for hydroxylation is 2. The quantitative estimate of drug-likeness (QED) is 0.233. The molecule has 46 heavy (non-hydrogen) atoms. The summed E-state index contributed by atoms with van der Waals surface area (Å²) in [6.45, 7) is 16.9. The minimum absolute atomic E-state index is 0.223. The van der Waals surface area contributed by atoms with Gasteiger partial charge in [-0.15, -0.1) is 0 Å². The molecule has 0 N–H and O–H groups in total. The van der Waals surface area contributed by atoms with Crippen molar-refractivity contribution in [3.63, 3.8) is 0 Å². The fraction of sp³-hybridized carbons (Fsp3) is 0.306. The smallest absolute Gasteiger partial charge is 0.338 e. The molecule has 1 aliphatic heterocycles. The summed E-state index contributed by atoms with van der Waals surface area (Å²) < 4.78 is 1.90. The molecule has 10 heteroatoms. The fourth-order valence-corrected chi connectivity index (χ4v) is 5.47. The summed E-state index contributed by atoms with van der Waals surface area (Å²) in [5.74, 6) is -2.26. The zero-order chi connectivity index (χ0) is 34.5. The Bertz CT molecular complexity index is 2070. The van der Waals surface area contributed by atoms with Gasteiger partial charge in [-0.25, -0.2) is 19.1 Å². The number of urea groups is 1. The van der Waals surface area contributed by atoms with Crippen LogP contribution in [0.5, 0.6) is 5.88 Å². The SMILES string of the molecule is CC(/C=C/c1c([O-])n(C)c(=O)n(-c2cc(C)c(C)c(C)c2C)c1=O)=C\C=C1/C(=O)N(C)C(=O)N(c2cc(C)c(C)c(C)c2C)C1=O. The van der Waals surface area contributed by atoms with Crippen LogP contribution in [-0.4, -0.2) is 38.9 Å². The lowest BCUT2D eigenvalue weighted by Crippen LogP contribution is -2.55. The standard InChI is InChI=1S/C36H40N4O6/c1-18(12-14-27-31(41)37(10)35(45)39(33(27)43)29-16-19(2)21(4)23(6)25(29)8)13-15-28-32(42)38(11)36(46)40(34(28)44)30-17-20(3)22(5)24(7)26(30)9/h12-17,41H,1-11H3/p-1/b14-12+,18-13+,28-15+. The summed E-state index contributed by atoms with van der Waals surface area (Å²) in [6, 6.07) is 2.78. The maximum atomic E-state index is 13.6. The predicted molar refractivity (Wildman–Crippen MR) is 178 cm³/mol. The zero-order valence-corrected chi connectivity index (χ0v) is 28.2. The highest BCUT2D eigenvalue weighted by Gasteiger charge is 2.41. The molecule has 10 nitrogen and oxygen atoms in total. The van der Waals surface area contributed by atoms with Crippen molar-refractivity contribution in [3.05, 3.63) is 112 Å². The van der Waals surface area contributed by atoms with Gasteiger partial charge in [0.1, 0.15) is 5.57 Å². The first-order valence-corrected chi connectivity index (χ1v) is 14.8. The van der Waals surface area contributed by atoms with Gasteiger partial charge >= 0.3 is 11.7 Å². The highest BCUT2D eigenvalue weighted by molar-refractivity contribution is 6.37. The lowest BCUT2D eigenvalue weighted by atomic mass is 9.96. The van der Waals surface area contributed by atoms with Gasteiger partial charge in [0.2, 0.25) is 0 Å². The number of imide groups is 2. The molecule has 2 aromatic carbocycles. The summed E-state index contributed by atoms with van der Waals surface area (Å²) in [5.41, 5.74) is 6.67. The number of allylic oxidation sites excluding steroid dienone is 4. The molecule has 1 fully saturated rings. The molecule has 1 aromatic heterocycles. The molecule has 1 aliphatic rings. The Morgan fingerprint density at radius 3 is 1.80 bits per heavy atom. The van der Waals surface area contributed by atoms with Crippen LogP contribution < -0.4 is 21.3 Å². The van der Waals surface area contributed by atoms with Crippen LogP contribution in [0.15, 0.2) is 51.1 Å². The van der Waals surface area contributed by atoms with E-state index >= 15 is 0 Å². The van der Waals surface area contributed by atoms with Crippen LogP contribution >= 0.6 is 0 Å². The van der Waals surface area contributed by atoms with Crippen LogP contribution in [0, 0.1) is 55.4 Å². The van der Waals surface area contributed by atoms with E-state index in [1.807, 2.05) is 55.4 Å². The topological polar surface area (TPSA) is 125 Å². The maximum absolute atomic E-state index is 13.6. The van der Waals surface area contributed by atoms with Crippen LogP contribution in [0.25, 0.3) is 11.8 Å². The number of nitrogens with zero attached hydrogens (tertiary/aromatic N) is 4. The van der Waals surface area contributed by atoms with Gasteiger partial charge in [0.25, 0.3) is 17.4 Å². The Labute approximate surface area is 268 Å². The number of carbonyl (C=O) groups is 3. The van der Waals surface area contributed by atoms with Crippen molar-refractivity contribution in [3.8, 4) is 11.6 Å². The number of likely N-dealkylation sites (N-methyl/N-ethyl adjacent to an activating group) is 1. The van der Waals surface area contributed by atoms with Crippen molar-refractivity contribution in [2.24, 2.45) is 7.05 Å². The molecule has 0 bridgehead atoms. The molecule has 4 amide bonds. The van der Waals surface area contributed by atoms with E-state index in [0.717, 1.165) is 63.4 Å². The monoisotopic (exact) mass is 623 g/mol. The van der Waals surface area contributed by atoms with Crippen molar-refractivity contribution in [2.75, 3.05) is 11.9 Å². The van der Waals surface area contributed by atoms with E-state index in [-0.39, 0.29) is 11.1 Å². The van der Waals surface area contributed by atoms with Crippen molar-refractivity contribution in [2.45, 2.75) is 62.3 Å². The number of rotatable bonds is 5. The summed E-state index contributed by atoms with van der Waals surface area (Å²) in [6.07, 6.45) is 5.62. The third-order valence-electron chi connectivity index (χ3n) is 9.31. The number of benzene rings is 2. The first kappa shape index (κ1) is 33.6. The van der Waals surface area contributed by atoms with E-state index in [2.05, 4.69) is 0 Å². The van der Waals surface area contributed by atoms with E-state index in [0.29, 0.717) is 16.9 Å². The van der Waals surface area contributed by atoms with Gasteiger partial charge in [-0.1, -0.05) is 17.7 Å². The van der Waals surface area contributed by atoms with Gasteiger partial charge in [0.15, 0.2) is 0 Å². The van der Waals surface area contributed by atoms with Crippen LogP contribution in [0.1, 0.15) is 57.0 Å². The molecule has 0 spiro atoms. The number of amides is 4. The summed E-state index contributed by atoms with van der Waals surface area (Å²) in [5, 5.41) is 13.0. The van der Waals surface area contributed by atoms with Gasteiger partial charge in [-0.2, -0.15) is 0 Å². The minimum atomic E-state index is -0.756. The molecule has 0 radical (unpaired) electrons. The van der Waals surface area contributed by atoms with Crippen molar-refractivity contribution in [1.82, 2.24) is 14.0 Å². The van der Waals surface area contributed by atoms with Crippen molar-refractivity contribution < 1.29 is 19.5 Å². The van der Waals surface area contributed by atoms with Gasteiger partial charge in [-0.05, 0) is 137 Å². The number of anilines is 1. The predicted octanol–water partition coefficient (Wildman–Crippen LogP) is 4.59. The number of aromatic nitrogens is 2. The Kier molecular flexibility index (Phi) is 8.97. The van der Waals surface area contributed by atoms with Gasteiger partial charge < -0.3 is 9.67 Å². The first-order valence-electron chi connectivity index (χ1n) is 14.8. The highest BCUT2D eigenvalue weighted by Crippen LogP contribution is 2.32. The van der Waals surface area contributed by atoms with E-state index < -0.39 is 35.0 Å². The van der Waals surface area contributed by atoms with Crippen LogP contribution in [-0.2, 0) is 16.6 Å². The van der Waals surface area contributed by atoms with Crippen LogP contribution in [0.2, 0.25) is 0 Å². The molecule has 0 aliphatic carbocycles. The van der Waals surface area contributed by atoms with Crippen molar-refractivity contribution in [1.29, 1.82) is 0 Å². The first-order chi connectivity index (χ1) is 21.4.